The molecule has 2 heterocycles. The van der Waals surface area contributed by atoms with Crippen molar-refractivity contribution in [2.45, 2.75) is 0 Å². The van der Waals surface area contributed by atoms with E-state index in [1.807, 2.05) is 12.3 Å². The molecule has 1 aliphatic carbocycles. The molecule has 0 N–H and O–H groups in total. The summed E-state index contributed by atoms with van der Waals surface area (Å²) < 4.78 is 0. The molecule has 2 aromatic heterocycles. The highest BCUT2D eigenvalue weighted by atomic mass is 14.9. The van der Waals surface area contributed by atoms with Gasteiger partial charge in [0.1, 0.15) is 0 Å². The molecule has 11 rings (SSSR count). The van der Waals surface area contributed by atoms with Gasteiger partial charge in [0.2, 0.25) is 0 Å². The predicted octanol–water partition coefficient (Wildman–Crippen LogP) is 13.8. The fraction of sp³-hybridized carbons (Fsp3) is 0. The van der Waals surface area contributed by atoms with Crippen molar-refractivity contribution in [3.8, 4) is 89.5 Å². The smallest absolute Gasteiger partial charge is 0.160 e. The summed E-state index contributed by atoms with van der Waals surface area (Å²) in [5.41, 5.74) is 16.9. The van der Waals surface area contributed by atoms with Gasteiger partial charge in [0.05, 0.1) is 11.4 Å². The second-order valence-corrected chi connectivity index (χ2v) is 14.4. The minimum Gasteiger partial charge on any atom is -0.264 e. The molecule has 8 aromatic carbocycles. The van der Waals surface area contributed by atoms with Crippen LogP contribution >= 0.6 is 0 Å². The van der Waals surface area contributed by atoms with Crippen LogP contribution in [-0.2, 0) is 0 Å². The Hall–Kier alpha value is -7.49. The number of rotatable bonds is 6. The monoisotopic (exact) mass is 711 g/mol. The van der Waals surface area contributed by atoms with Gasteiger partial charge in [-0.2, -0.15) is 0 Å². The Labute approximate surface area is 325 Å². The summed E-state index contributed by atoms with van der Waals surface area (Å²) >= 11 is 0. The molecule has 0 saturated heterocycles. The molecule has 0 unspecified atom stereocenters. The number of aromatic nitrogens is 3. The standard InChI is InChI=1S/C53H33N3/c1-2-9-39-30-41(26-19-34(39)8-1)35-17-24-38(25-18-35)53-55-50(32-51(56-53)42-11-5-10-40(31-42)43-12-7-29-54-33-43)37-22-20-36(21-23-37)44-27-28-49-46-14-4-3-13-45(46)48-16-6-15-47(44)52(48)49/h1-33H. The normalized spacial score (nSPS) is 11.6. The summed E-state index contributed by atoms with van der Waals surface area (Å²) in [5, 5.41) is 5.08. The molecule has 10 aromatic rings. The zero-order chi connectivity index (χ0) is 37.0. The molecule has 0 atom stereocenters. The van der Waals surface area contributed by atoms with Crippen LogP contribution in [0.1, 0.15) is 0 Å². The predicted molar refractivity (Wildman–Crippen MR) is 232 cm³/mol. The minimum atomic E-state index is 0.686. The molecule has 0 fully saturated rings. The lowest BCUT2D eigenvalue weighted by Gasteiger charge is -2.12. The van der Waals surface area contributed by atoms with E-state index in [1.54, 1.807) is 6.20 Å². The van der Waals surface area contributed by atoms with E-state index in [0.717, 1.165) is 44.8 Å². The molecule has 0 saturated carbocycles. The van der Waals surface area contributed by atoms with Crippen molar-refractivity contribution >= 4 is 21.5 Å². The minimum absolute atomic E-state index is 0.686. The molecule has 260 valence electrons. The molecule has 3 nitrogen and oxygen atoms in total. The van der Waals surface area contributed by atoms with Crippen molar-refractivity contribution < 1.29 is 0 Å². The van der Waals surface area contributed by atoms with E-state index in [-0.39, 0.29) is 0 Å². The molecule has 56 heavy (non-hydrogen) atoms. The van der Waals surface area contributed by atoms with Crippen LogP contribution in [0.15, 0.2) is 200 Å². The quantitative estimate of drug-likeness (QED) is 0.172. The maximum absolute atomic E-state index is 5.21. The van der Waals surface area contributed by atoms with Gasteiger partial charge in [0, 0.05) is 34.6 Å². The van der Waals surface area contributed by atoms with Crippen LogP contribution in [0, 0.1) is 0 Å². The first-order chi connectivity index (χ1) is 27.7. The fourth-order valence-electron chi connectivity index (χ4n) is 8.33. The number of nitrogens with zero attached hydrogens (tertiary/aromatic N) is 3. The van der Waals surface area contributed by atoms with Crippen LogP contribution < -0.4 is 0 Å². The van der Waals surface area contributed by atoms with Crippen molar-refractivity contribution in [3.05, 3.63) is 200 Å². The highest BCUT2D eigenvalue weighted by Crippen LogP contribution is 2.49. The van der Waals surface area contributed by atoms with E-state index in [2.05, 4.69) is 187 Å². The molecule has 0 radical (unpaired) electrons. The summed E-state index contributed by atoms with van der Waals surface area (Å²) in [6.45, 7) is 0. The highest BCUT2D eigenvalue weighted by Gasteiger charge is 2.22. The number of benzene rings is 8. The summed E-state index contributed by atoms with van der Waals surface area (Å²) in [5.74, 6) is 0.686. The Balaban J connectivity index is 0.994. The Bertz CT molecular complexity index is 3080. The molecular weight excluding hydrogens is 679 g/mol. The van der Waals surface area contributed by atoms with Crippen molar-refractivity contribution in [1.82, 2.24) is 15.0 Å². The van der Waals surface area contributed by atoms with Gasteiger partial charge in [-0.25, -0.2) is 9.97 Å². The van der Waals surface area contributed by atoms with Gasteiger partial charge in [-0.15, -0.1) is 0 Å². The third kappa shape index (κ3) is 5.49. The van der Waals surface area contributed by atoms with Crippen LogP contribution in [-0.4, -0.2) is 15.0 Å². The molecular formula is C53H33N3. The van der Waals surface area contributed by atoms with Gasteiger partial charge in [-0.1, -0.05) is 164 Å². The van der Waals surface area contributed by atoms with Crippen LogP contribution in [0.5, 0.6) is 0 Å². The first-order valence-corrected chi connectivity index (χ1v) is 19.0. The first kappa shape index (κ1) is 32.0. The topological polar surface area (TPSA) is 38.7 Å². The highest BCUT2D eigenvalue weighted by molar-refractivity contribution is 6.18. The first-order valence-electron chi connectivity index (χ1n) is 19.0. The molecule has 1 aliphatic rings. The zero-order valence-corrected chi connectivity index (χ0v) is 30.4. The van der Waals surface area contributed by atoms with E-state index in [1.165, 1.54) is 60.5 Å². The van der Waals surface area contributed by atoms with E-state index < -0.39 is 0 Å². The SMILES string of the molecule is c1cncc(-c2cccc(-c3cc(-c4ccc(-c5ccc6c7c(cccc57)-c5ccccc5-6)cc4)nc(-c4ccc(-c5ccc6ccccc6c5)cc4)n3)c2)c1. The molecule has 0 bridgehead atoms. The number of hydrogen-bond acceptors (Lipinski definition) is 3. The lowest BCUT2D eigenvalue weighted by atomic mass is 9.93. The van der Waals surface area contributed by atoms with Gasteiger partial charge < -0.3 is 0 Å². The molecule has 0 aliphatic heterocycles. The lowest BCUT2D eigenvalue weighted by Crippen LogP contribution is -1.96. The second-order valence-electron chi connectivity index (χ2n) is 14.4. The maximum Gasteiger partial charge on any atom is 0.160 e. The van der Waals surface area contributed by atoms with Crippen molar-refractivity contribution in [2.24, 2.45) is 0 Å². The van der Waals surface area contributed by atoms with Gasteiger partial charge >= 0.3 is 0 Å². The summed E-state index contributed by atoms with van der Waals surface area (Å²) in [6.07, 6.45) is 3.70. The van der Waals surface area contributed by atoms with Crippen LogP contribution in [0.25, 0.3) is 111 Å². The Morgan fingerprint density at radius 2 is 0.893 bits per heavy atom. The molecule has 0 spiro atoms. The summed E-state index contributed by atoms with van der Waals surface area (Å²) in [7, 11) is 0. The Kier molecular flexibility index (Phi) is 7.49. The van der Waals surface area contributed by atoms with E-state index in [9.17, 15) is 0 Å². The Morgan fingerprint density at radius 3 is 1.70 bits per heavy atom. The maximum atomic E-state index is 5.21. The summed E-state index contributed by atoms with van der Waals surface area (Å²) in [6, 6.07) is 67.2. The van der Waals surface area contributed by atoms with Gasteiger partial charge in [0.25, 0.3) is 0 Å². The van der Waals surface area contributed by atoms with E-state index in [4.69, 9.17) is 9.97 Å². The van der Waals surface area contributed by atoms with Gasteiger partial charge in [-0.3, -0.25) is 4.98 Å². The van der Waals surface area contributed by atoms with Crippen LogP contribution in [0.3, 0.4) is 0 Å². The molecule has 3 heteroatoms. The number of pyridine rings is 1. The van der Waals surface area contributed by atoms with Gasteiger partial charge in [-0.05, 0) is 95.9 Å². The largest absolute Gasteiger partial charge is 0.264 e. The Morgan fingerprint density at radius 1 is 0.304 bits per heavy atom. The average molecular weight is 712 g/mol. The average Bonchev–Trinajstić information content (AvgIpc) is 3.61. The summed E-state index contributed by atoms with van der Waals surface area (Å²) in [4.78, 5) is 14.8. The van der Waals surface area contributed by atoms with Crippen LogP contribution in [0.2, 0.25) is 0 Å². The van der Waals surface area contributed by atoms with Crippen molar-refractivity contribution in [3.63, 3.8) is 0 Å². The van der Waals surface area contributed by atoms with E-state index in [0.29, 0.717) is 5.82 Å². The third-order valence-electron chi connectivity index (χ3n) is 11.1. The van der Waals surface area contributed by atoms with Crippen molar-refractivity contribution in [2.75, 3.05) is 0 Å². The third-order valence-corrected chi connectivity index (χ3v) is 11.1. The van der Waals surface area contributed by atoms with Gasteiger partial charge in [0.15, 0.2) is 5.82 Å². The second kappa shape index (κ2) is 13.1. The number of hydrogen-bond donors (Lipinski definition) is 0. The van der Waals surface area contributed by atoms with Crippen LogP contribution in [0.4, 0.5) is 0 Å². The molecule has 0 amide bonds. The van der Waals surface area contributed by atoms with E-state index >= 15 is 0 Å². The fourth-order valence-corrected chi connectivity index (χ4v) is 8.33. The zero-order valence-electron chi connectivity index (χ0n) is 30.4. The van der Waals surface area contributed by atoms with Crippen molar-refractivity contribution in [1.29, 1.82) is 0 Å². The number of fused-ring (bicyclic) bond motifs is 4. The lowest BCUT2D eigenvalue weighted by molar-refractivity contribution is 1.18.